The second-order valence-electron chi connectivity index (χ2n) is 4.17. The quantitative estimate of drug-likeness (QED) is 0.802. The number of hydrogen-bond acceptors (Lipinski definition) is 5. The molecule has 1 N–H and O–H groups in total. The topological polar surface area (TPSA) is 68.5 Å². The van der Waals surface area contributed by atoms with Crippen molar-refractivity contribution in [3.63, 3.8) is 0 Å². The van der Waals surface area contributed by atoms with Gasteiger partial charge in [-0.25, -0.2) is 4.68 Å². The summed E-state index contributed by atoms with van der Waals surface area (Å²) >= 11 is 5.92. The van der Waals surface area contributed by atoms with Crippen molar-refractivity contribution in [2.24, 2.45) is 0 Å². The van der Waals surface area contributed by atoms with Gasteiger partial charge in [0.2, 0.25) is 11.2 Å². The number of halogens is 1. The molecule has 0 bridgehead atoms. The minimum atomic E-state index is 0.111. The molecule has 100 valence electrons. The Bertz CT molecular complexity index is 708. The molecule has 0 aliphatic heterocycles. The highest BCUT2D eigenvalue weighted by Crippen LogP contribution is 2.15. The van der Waals surface area contributed by atoms with Crippen molar-refractivity contribution < 1.29 is 0 Å². The average Bonchev–Trinajstić information content (AvgIpc) is 2.95. The second kappa shape index (κ2) is 5.26. The molecule has 0 saturated carbocycles. The Balaban J connectivity index is 1.92. The Kier molecular flexibility index (Phi) is 3.30. The van der Waals surface area contributed by atoms with Crippen LogP contribution < -0.4 is 5.32 Å². The summed E-state index contributed by atoms with van der Waals surface area (Å²) in [5.41, 5.74) is 2.06. The molecule has 0 saturated heterocycles. The molecule has 7 heteroatoms. The molecule has 20 heavy (non-hydrogen) atoms. The summed E-state index contributed by atoms with van der Waals surface area (Å²) in [5, 5.41) is 7.26. The highest BCUT2D eigenvalue weighted by molar-refractivity contribution is 6.28. The van der Waals surface area contributed by atoms with Crippen molar-refractivity contribution in [1.29, 1.82) is 0 Å². The maximum Gasteiger partial charge on any atom is 0.256 e. The van der Waals surface area contributed by atoms with Gasteiger partial charge in [0.05, 0.1) is 0 Å². The Labute approximate surface area is 120 Å². The molecular weight excluding hydrogens is 276 g/mol. The van der Waals surface area contributed by atoms with Crippen LogP contribution in [0.5, 0.6) is 0 Å². The third-order valence-corrected chi connectivity index (χ3v) is 2.78. The normalized spacial score (nSPS) is 10.5. The fraction of sp³-hybridized carbons (Fsp3) is 0.0769. The summed E-state index contributed by atoms with van der Waals surface area (Å²) in [6.45, 7) is 2.03. The van der Waals surface area contributed by atoms with Gasteiger partial charge in [0.25, 0.3) is 5.95 Å². The molecular formula is C13H11ClN6. The van der Waals surface area contributed by atoms with Crippen molar-refractivity contribution in [1.82, 2.24) is 24.7 Å². The SMILES string of the molecule is Cc1ccc(Nc2nc(Cl)nc(-n3cccn3)n2)cc1. The standard InChI is InChI=1S/C13H11ClN6/c1-9-3-5-10(6-4-9)16-12-17-11(14)18-13(19-12)20-8-2-7-15-20/h2-8H,1H3,(H,16,17,18,19). The van der Waals surface area contributed by atoms with E-state index in [4.69, 9.17) is 11.6 Å². The van der Waals surface area contributed by atoms with Crippen molar-refractivity contribution in [3.8, 4) is 5.95 Å². The fourth-order valence-corrected chi connectivity index (χ4v) is 1.81. The first-order valence-corrected chi connectivity index (χ1v) is 6.34. The number of aryl methyl sites for hydroxylation is 1. The molecule has 2 heterocycles. The number of nitrogens with zero attached hydrogens (tertiary/aromatic N) is 5. The van der Waals surface area contributed by atoms with Crippen LogP contribution in [0.25, 0.3) is 5.95 Å². The lowest BCUT2D eigenvalue weighted by atomic mass is 10.2. The summed E-state index contributed by atoms with van der Waals surface area (Å²) in [5.74, 6) is 0.740. The van der Waals surface area contributed by atoms with Gasteiger partial charge in [0, 0.05) is 18.1 Å². The maximum absolute atomic E-state index is 5.92. The summed E-state index contributed by atoms with van der Waals surface area (Å²) in [6, 6.07) is 9.67. The zero-order valence-electron chi connectivity index (χ0n) is 10.7. The number of benzene rings is 1. The number of anilines is 2. The third-order valence-electron chi connectivity index (χ3n) is 2.61. The van der Waals surface area contributed by atoms with Crippen LogP contribution in [0.3, 0.4) is 0 Å². The van der Waals surface area contributed by atoms with E-state index in [9.17, 15) is 0 Å². The molecule has 0 aliphatic rings. The van der Waals surface area contributed by atoms with Gasteiger partial charge in [-0.1, -0.05) is 17.7 Å². The molecule has 1 aromatic carbocycles. The van der Waals surface area contributed by atoms with Crippen molar-refractivity contribution in [2.75, 3.05) is 5.32 Å². The van der Waals surface area contributed by atoms with Gasteiger partial charge >= 0.3 is 0 Å². The highest BCUT2D eigenvalue weighted by Gasteiger charge is 2.07. The Hall–Kier alpha value is -2.47. The van der Waals surface area contributed by atoms with Gasteiger partial charge < -0.3 is 5.32 Å². The van der Waals surface area contributed by atoms with E-state index in [1.54, 1.807) is 18.5 Å². The predicted octanol–water partition coefficient (Wildman–Crippen LogP) is 2.76. The number of rotatable bonds is 3. The summed E-state index contributed by atoms with van der Waals surface area (Å²) < 4.78 is 1.52. The molecule has 6 nitrogen and oxygen atoms in total. The summed E-state index contributed by atoms with van der Waals surface area (Å²) in [4.78, 5) is 12.4. The van der Waals surface area contributed by atoms with Crippen LogP contribution in [0.15, 0.2) is 42.7 Å². The lowest BCUT2D eigenvalue weighted by Crippen LogP contribution is -2.06. The van der Waals surface area contributed by atoms with Gasteiger partial charge in [-0.05, 0) is 36.7 Å². The zero-order chi connectivity index (χ0) is 13.9. The number of hydrogen-bond donors (Lipinski definition) is 1. The van der Waals surface area contributed by atoms with Gasteiger partial charge in [0.15, 0.2) is 0 Å². The monoisotopic (exact) mass is 286 g/mol. The highest BCUT2D eigenvalue weighted by atomic mass is 35.5. The predicted molar refractivity (Wildman–Crippen MR) is 76.4 cm³/mol. The fourth-order valence-electron chi connectivity index (χ4n) is 1.65. The molecule has 0 fully saturated rings. The van der Waals surface area contributed by atoms with E-state index < -0.39 is 0 Å². The van der Waals surface area contributed by atoms with Crippen LogP contribution in [0.4, 0.5) is 11.6 Å². The minimum Gasteiger partial charge on any atom is -0.324 e. The lowest BCUT2D eigenvalue weighted by Gasteiger charge is -2.07. The van der Waals surface area contributed by atoms with Gasteiger partial charge in [-0.3, -0.25) is 0 Å². The van der Waals surface area contributed by atoms with Gasteiger partial charge in [0.1, 0.15) is 0 Å². The number of aromatic nitrogens is 5. The molecule has 0 atom stereocenters. The van der Waals surface area contributed by atoms with E-state index in [1.165, 1.54) is 10.2 Å². The largest absolute Gasteiger partial charge is 0.324 e. The Morgan fingerprint density at radius 1 is 1.10 bits per heavy atom. The van der Waals surface area contributed by atoms with E-state index in [0.717, 1.165) is 5.69 Å². The van der Waals surface area contributed by atoms with Gasteiger partial charge in [-0.2, -0.15) is 20.1 Å². The molecule has 2 aromatic heterocycles. The molecule has 0 radical (unpaired) electrons. The molecule has 3 aromatic rings. The lowest BCUT2D eigenvalue weighted by molar-refractivity contribution is 0.798. The smallest absolute Gasteiger partial charge is 0.256 e. The van der Waals surface area contributed by atoms with E-state index in [1.807, 2.05) is 31.2 Å². The van der Waals surface area contributed by atoms with E-state index >= 15 is 0 Å². The van der Waals surface area contributed by atoms with Gasteiger partial charge in [-0.15, -0.1) is 0 Å². The first kappa shape index (κ1) is 12.6. The molecule has 0 amide bonds. The molecule has 0 unspecified atom stereocenters. The van der Waals surface area contributed by atoms with Crippen LogP contribution in [0, 0.1) is 6.92 Å². The van der Waals surface area contributed by atoms with Crippen LogP contribution in [0.2, 0.25) is 5.28 Å². The van der Waals surface area contributed by atoms with Crippen molar-refractivity contribution in [2.45, 2.75) is 6.92 Å². The van der Waals surface area contributed by atoms with Crippen LogP contribution in [-0.4, -0.2) is 24.7 Å². The summed E-state index contributed by atoms with van der Waals surface area (Å²) in [7, 11) is 0. The first-order valence-electron chi connectivity index (χ1n) is 5.96. The van der Waals surface area contributed by atoms with Crippen LogP contribution in [-0.2, 0) is 0 Å². The van der Waals surface area contributed by atoms with Crippen molar-refractivity contribution >= 4 is 23.2 Å². The first-order chi connectivity index (χ1) is 9.70. The molecule has 0 spiro atoms. The number of nitrogens with one attached hydrogen (secondary N) is 1. The average molecular weight is 287 g/mol. The Morgan fingerprint density at radius 2 is 1.90 bits per heavy atom. The van der Waals surface area contributed by atoms with Crippen LogP contribution >= 0.6 is 11.6 Å². The maximum atomic E-state index is 5.92. The van der Waals surface area contributed by atoms with E-state index in [2.05, 4.69) is 25.4 Å². The zero-order valence-corrected chi connectivity index (χ0v) is 11.4. The van der Waals surface area contributed by atoms with E-state index in [0.29, 0.717) is 11.9 Å². The molecule has 0 aliphatic carbocycles. The van der Waals surface area contributed by atoms with Crippen LogP contribution in [0.1, 0.15) is 5.56 Å². The summed E-state index contributed by atoms with van der Waals surface area (Å²) in [6.07, 6.45) is 3.38. The third kappa shape index (κ3) is 2.75. The minimum absolute atomic E-state index is 0.111. The Morgan fingerprint density at radius 3 is 2.60 bits per heavy atom. The van der Waals surface area contributed by atoms with Crippen molar-refractivity contribution in [3.05, 3.63) is 53.6 Å². The second-order valence-corrected chi connectivity index (χ2v) is 4.51. The molecule has 3 rings (SSSR count). The van der Waals surface area contributed by atoms with E-state index in [-0.39, 0.29) is 5.28 Å².